The summed E-state index contributed by atoms with van der Waals surface area (Å²) in [4.78, 5) is 12.2. The average molecular weight is 423 g/mol. The summed E-state index contributed by atoms with van der Waals surface area (Å²) in [7, 11) is 1.99. The lowest BCUT2D eigenvalue weighted by atomic mass is 10.1. The second-order valence-corrected chi connectivity index (χ2v) is 8.27. The van der Waals surface area contributed by atoms with Crippen LogP contribution < -0.4 is 19.5 Å². The first-order valence-electron chi connectivity index (χ1n) is 8.89. The maximum atomic E-state index is 12.7. The summed E-state index contributed by atoms with van der Waals surface area (Å²) in [5.74, 6) is 1.10. The quantitative estimate of drug-likeness (QED) is 0.626. The first kappa shape index (κ1) is 22.5. The van der Waals surface area contributed by atoms with Crippen LogP contribution in [0, 0.1) is 0 Å². The molecule has 29 heavy (non-hydrogen) atoms. The Kier molecular flexibility index (Phi) is 7.86. The van der Waals surface area contributed by atoms with Gasteiger partial charge in [0.1, 0.15) is 5.75 Å². The van der Waals surface area contributed by atoms with Crippen molar-refractivity contribution in [3.63, 3.8) is 0 Å². The van der Waals surface area contributed by atoms with E-state index in [4.69, 9.17) is 14.2 Å². The van der Waals surface area contributed by atoms with Crippen LogP contribution in [0.1, 0.15) is 5.56 Å². The smallest absolute Gasteiger partial charge is 0.243 e. The minimum Gasteiger partial charge on any atom is -0.497 e. The molecule has 0 aliphatic heterocycles. The monoisotopic (exact) mass is 422 g/mol. The van der Waals surface area contributed by atoms with E-state index in [-0.39, 0.29) is 17.3 Å². The number of sulfonamides is 1. The molecule has 1 amide bonds. The molecule has 0 radical (unpaired) electrons. The fraction of sp³-hybridized carbons (Fsp3) is 0.350. The van der Waals surface area contributed by atoms with Crippen molar-refractivity contribution in [3.05, 3.63) is 48.0 Å². The molecule has 0 fully saturated rings. The van der Waals surface area contributed by atoms with E-state index >= 15 is 0 Å². The minimum absolute atomic E-state index is 0.0173. The maximum Gasteiger partial charge on any atom is 0.243 e. The van der Waals surface area contributed by atoms with Gasteiger partial charge in [0.25, 0.3) is 0 Å². The van der Waals surface area contributed by atoms with E-state index in [1.165, 1.54) is 39.5 Å². The Morgan fingerprint density at radius 2 is 1.62 bits per heavy atom. The number of benzene rings is 2. The SMILES string of the molecule is COc1ccc(CCNC(=O)CN(C)S(=O)(=O)c2ccc(OC)c(OC)c2)cc1. The van der Waals surface area contributed by atoms with Gasteiger partial charge in [0.15, 0.2) is 11.5 Å². The van der Waals surface area contributed by atoms with Crippen LogP contribution >= 0.6 is 0 Å². The lowest BCUT2D eigenvalue weighted by molar-refractivity contribution is -0.121. The predicted octanol–water partition coefficient (Wildman–Crippen LogP) is 1.69. The van der Waals surface area contributed by atoms with E-state index in [0.29, 0.717) is 24.5 Å². The average Bonchev–Trinajstić information content (AvgIpc) is 2.73. The van der Waals surface area contributed by atoms with E-state index < -0.39 is 10.0 Å². The summed E-state index contributed by atoms with van der Waals surface area (Å²) in [6, 6.07) is 11.8. The molecule has 1 N–H and O–H groups in total. The highest BCUT2D eigenvalue weighted by molar-refractivity contribution is 7.89. The Morgan fingerprint density at radius 3 is 2.21 bits per heavy atom. The van der Waals surface area contributed by atoms with Crippen molar-refractivity contribution in [3.8, 4) is 17.2 Å². The number of amides is 1. The highest BCUT2D eigenvalue weighted by atomic mass is 32.2. The van der Waals surface area contributed by atoms with Crippen LogP contribution in [0.15, 0.2) is 47.4 Å². The first-order valence-corrected chi connectivity index (χ1v) is 10.3. The molecule has 0 heterocycles. The summed E-state index contributed by atoms with van der Waals surface area (Å²) in [5, 5.41) is 2.73. The topological polar surface area (TPSA) is 94.2 Å². The molecular weight excluding hydrogens is 396 g/mol. The van der Waals surface area contributed by atoms with Gasteiger partial charge in [0.05, 0.1) is 32.8 Å². The van der Waals surface area contributed by atoms with Crippen LogP contribution in [-0.4, -0.2) is 60.1 Å². The molecule has 2 aromatic carbocycles. The normalized spacial score (nSPS) is 11.2. The lowest BCUT2D eigenvalue weighted by Crippen LogP contribution is -2.39. The molecule has 2 rings (SSSR count). The number of rotatable bonds is 10. The molecule has 0 aliphatic carbocycles. The molecular formula is C20H26N2O6S. The fourth-order valence-corrected chi connectivity index (χ4v) is 3.78. The Hall–Kier alpha value is -2.78. The number of carbonyl (C=O) groups excluding carboxylic acids is 1. The van der Waals surface area contributed by atoms with E-state index in [1.54, 1.807) is 7.11 Å². The van der Waals surface area contributed by atoms with Gasteiger partial charge in [-0.2, -0.15) is 4.31 Å². The number of hydrogen-bond acceptors (Lipinski definition) is 6. The van der Waals surface area contributed by atoms with Crippen molar-refractivity contribution in [1.82, 2.24) is 9.62 Å². The van der Waals surface area contributed by atoms with Gasteiger partial charge in [-0.05, 0) is 36.2 Å². The van der Waals surface area contributed by atoms with Gasteiger partial charge < -0.3 is 19.5 Å². The van der Waals surface area contributed by atoms with Gasteiger partial charge >= 0.3 is 0 Å². The van der Waals surface area contributed by atoms with E-state index in [0.717, 1.165) is 15.6 Å². The third-order valence-electron chi connectivity index (χ3n) is 4.32. The molecule has 0 unspecified atom stereocenters. The zero-order valence-corrected chi connectivity index (χ0v) is 17.8. The summed E-state index contributed by atoms with van der Waals surface area (Å²) in [6.07, 6.45) is 0.627. The Bertz CT molecular complexity index is 928. The summed E-state index contributed by atoms with van der Waals surface area (Å²) in [6.45, 7) is 0.106. The molecule has 0 spiro atoms. The molecule has 0 saturated heterocycles. The molecule has 2 aromatic rings. The van der Waals surface area contributed by atoms with Crippen LogP contribution in [-0.2, 0) is 21.2 Å². The molecule has 158 valence electrons. The van der Waals surface area contributed by atoms with Gasteiger partial charge in [0, 0.05) is 19.7 Å². The van der Waals surface area contributed by atoms with Gasteiger partial charge in [-0.1, -0.05) is 12.1 Å². The third-order valence-corrected chi connectivity index (χ3v) is 6.12. The van der Waals surface area contributed by atoms with Crippen molar-refractivity contribution in [2.24, 2.45) is 0 Å². The van der Waals surface area contributed by atoms with Crippen molar-refractivity contribution in [1.29, 1.82) is 0 Å². The number of hydrogen-bond donors (Lipinski definition) is 1. The van der Waals surface area contributed by atoms with Crippen molar-refractivity contribution in [2.75, 3.05) is 41.5 Å². The fourth-order valence-electron chi connectivity index (χ4n) is 2.64. The van der Waals surface area contributed by atoms with Crippen molar-refractivity contribution in [2.45, 2.75) is 11.3 Å². The van der Waals surface area contributed by atoms with Crippen LogP contribution in [0.5, 0.6) is 17.2 Å². The van der Waals surface area contributed by atoms with E-state index in [1.807, 2.05) is 24.3 Å². The van der Waals surface area contributed by atoms with Crippen LogP contribution in [0.3, 0.4) is 0 Å². The Morgan fingerprint density at radius 1 is 0.966 bits per heavy atom. The Labute approximate surface area is 171 Å². The van der Waals surface area contributed by atoms with Gasteiger partial charge in [-0.3, -0.25) is 4.79 Å². The van der Waals surface area contributed by atoms with Gasteiger partial charge in [-0.25, -0.2) is 8.42 Å². The second-order valence-electron chi connectivity index (χ2n) is 6.23. The lowest BCUT2D eigenvalue weighted by Gasteiger charge is -2.18. The number of ether oxygens (including phenoxy) is 3. The highest BCUT2D eigenvalue weighted by Gasteiger charge is 2.24. The number of likely N-dealkylation sites (N-methyl/N-ethyl adjacent to an activating group) is 1. The molecule has 9 heteroatoms. The van der Waals surface area contributed by atoms with E-state index in [9.17, 15) is 13.2 Å². The molecule has 0 aliphatic rings. The van der Waals surface area contributed by atoms with Crippen molar-refractivity contribution < 1.29 is 27.4 Å². The van der Waals surface area contributed by atoms with Crippen LogP contribution in [0.4, 0.5) is 0 Å². The number of nitrogens with one attached hydrogen (secondary N) is 1. The van der Waals surface area contributed by atoms with E-state index in [2.05, 4.69) is 5.32 Å². The Balaban J connectivity index is 1.93. The molecule has 0 bridgehead atoms. The minimum atomic E-state index is -3.85. The standard InChI is InChI=1S/C20H26N2O6S/c1-22(29(24,25)17-9-10-18(27-3)19(13-17)28-4)14-20(23)21-12-11-15-5-7-16(26-2)8-6-15/h5-10,13H,11-12,14H2,1-4H3,(H,21,23). The number of carbonyl (C=O) groups is 1. The number of methoxy groups -OCH3 is 3. The third kappa shape index (κ3) is 5.85. The molecule has 0 saturated carbocycles. The summed E-state index contributed by atoms with van der Waals surface area (Å²) in [5.41, 5.74) is 1.04. The largest absolute Gasteiger partial charge is 0.497 e. The zero-order valence-electron chi connectivity index (χ0n) is 17.0. The van der Waals surface area contributed by atoms with Crippen LogP contribution in [0.25, 0.3) is 0 Å². The predicted molar refractivity (Wildman–Crippen MR) is 109 cm³/mol. The summed E-state index contributed by atoms with van der Waals surface area (Å²) >= 11 is 0. The highest BCUT2D eigenvalue weighted by Crippen LogP contribution is 2.30. The zero-order chi connectivity index (χ0) is 21.4. The molecule has 0 atom stereocenters. The summed E-state index contributed by atoms with van der Waals surface area (Å²) < 4.78 is 41.8. The van der Waals surface area contributed by atoms with Gasteiger partial charge in [0.2, 0.25) is 15.9 Å². The van der Waals surface area contributed by atoms with Crippen LogP contribution in [0.2, 0.25) is 0 Å². The maximum absolute atomic E-state index is 12.7. The van der Waals surface area contributed by atoms with Gasteiger partial charge in [-0.15, -0.1) is 0 Å². The molecule has 0 aromatic heterocycles. The number of nitrogens with zero attached hydrogens (tertiary/aromatic N) is 1. The second kappa shape index (κ2) is 10.1. The molecule has 8 nitrogen and oxygen atoms in total. The van der Waals surface area contributed by atoms with Crippen molar-refractivity contribution >= 4 is 15.9 Å². The first-order chi connectivity index (χ1) is 13.8.